The van der Waals surface area contributed by atoms with Gasteiger partial charge in [0.05, 0.1) is 41.3 Å². The molecule has 0 aromatic rings. The fraction of sp³-hybridized carbons (Fsp3) is 0.889. The van der Waals surface area contributed by atoms with Gasteiger partial charge in [0.2, 0.25) is 5.91 Å². The number of amides is 1. The lowest BCUT2D eigenvalue weighted by atomic mass is 10.0. The number of unbranched alkanes of at least 4 members (excludes halogenated alkanes) is 11. The highest BCUT2D eigenvalue weighted by Gasteiger charge is 2.24. The molecule has 47 heavy (non-hydrogen) atoms. The number of carbonyl (C=O) groups excluding carboxylic acids is 2. The number of quaternary nitrogens is 2. The number of aliphatic hydroxyl groups is 2. The van der Waals surface area contributed by atoms with Crippen molar-refractivity contribution in [2.75, 3.05) is 66.7 Å². The van der Waals surface area contributed by atoms with Gasteiger partial charge in [0.15, 0.2) is 0 Å². The van der Waals surface area contributed by atoms with E-state index in [9.17, 15) is 28.2 Å². The van der Waals surface area contributed by atoms with E-state index < -0.39 is 22.0 Å². The molecule has 2 atom stereocenters. The maximum atomic E-state index is 12.2. The maximum absolute atomic E-state index is 12.2. The molecule has 0 heterocycles. The lowest BCUT2D eigenvalue weighted by molar-refractivity contribution is -0.893. The van der Waals surface area contributed by atoms with Crippen molar-refractivity contribution in [1.29, 1.82) is 0 Å². The lowest BCUT2D eigenvalue weighted by Crippen LogP contribution is -2.48. The molecule has 0 aliphatic heterocycles. The molecule has 0 radical (unpaired) electrons. The number of rotatable bonds is 32. The summed E-state index contributed by atoms with van der Waals surface area (Å²) in [4.78, 5) is 24.3. The van der Waals surface area contributed by atoms with Gasteiger partial charge in [-0.25, -0.2) is 0 Å². The predicted molar refractivity (Wildman–Crippen MR) is 193 cm³/mol. The van der Waals surface area contributed by atoms with Crippen LogP contribution >= 0.6 is 0 Å². The summed E-state index contributed by atoms with van der Waals surface area (Å²) in [5.41, 5.74) is 0. The summed E-state index contributed by atoms with van der Waals surface area (Å²) < 4.78 is 31.9. The Morgan fingerprint density at radius 2 is 1.11 bits per heavy atom. The van der Waals surface area contributed by atoms with Gasteiger partial charge in [-0.15, -0.1) is 0 Å². The van der Waals surface area contributed by atoms with E-state index in [-0.39, 0.29) is 18.6 Å². The van der Waals surface area contributed by atoms with Gasteiger partial charge in [-0.3, -0.25) is 14.1 Å². The summed E-state index contributed by atoms with van der Waals surface area (Å²) in [6.07, 6.45) is 22.2. The van der Waals surface area contributed by atoms with Gasteiger partial charge in [0.1, 0.15) is 36.8 Å². The number of aliphatic hydroxyl groups excluding tert-OH is 2. The molecule has 0 rings (SSSR count). The molecule has 10 nitrogen and oxygen atoms in total. The molecule has 0 saturated carbocycles. The summed E-state index contributed by atoms with van der Waals surface area (Å²) in [5, 5.41) is 22.7. The lowest BCUT2D eigenvalue weighted by Gasteiger charge is -2.31. The third-order valence-corrected chi connectivity index (χ3v) is 9.59. The molecular formula is C36H73N3O7S+2. The SMILES string of the molecule is CCC(O)C[N+](C)(C)CCCCC(=O)CCCCCCC/C=C/CCCCCCCC(=O)NCCC[N+](C)(C)CC(O)CS(=O)(=O)O. The van der Waals surface area contributed by atoms with Crippen molar-refractivity contribution in [3.05, 3.63) is 12.2 Å². The molecular weight excluding hydrogens is 618 g/mol. The zero-order chi connectivity index (χ0) is 35.6. The minimum atomic E-state index is -4.20. The number of hydrogen-bond acceptors (Lipinski definition) is 6. The van der Waals surface area contributed by atoms with Crippen molar-refractivity contribution >= 4 is 21.8 Å². The number of likely N-dealkylation sites (N-methyl/N-ethyl adjacent to an activating group) is 2. The van der Waals surface area contributed by atoms with Gasteiger partial charge >= 0.3 is 0 Å². The highest BCUT2D eigenvalue weighted by Crippen LogP contribution is 2.13. The van der Waals surface area contributed by atoms with Crippen LogP contribution in [0.2, 0.25) is 0 Å². The zero-order valence-electron chi connectivity index (χ0n) is 30.8. The largest absolute Gasteiger partial charge is 0.387 e. The molecule has 278 valence electrons. The summed E-state index contributed by atoms with van der Waals surface area (Å²) in [5.74, 6) is -0.202. The monoisotopic (exact) mass is 692 g/mol. The smallest absolute Gasteiger partial charge is 0.267 e. The second-order valence-electron chi connectivity index (χ2n) is 14.9. The second kappa shape index (κ2) is 26.5. The van der Waals surface area contributed by atoms with Crippen molar-refractivity contribution in [3.8, 4) is 0 Å². The standard InChI is InChI=1S/C36H71N3O7S/c1-6-33(40)30-38(2,3)28-22-21-25-34(41)24-19-17-15-13-11-9-7-8-10-12-14-16-18-20-26-36(43)37-27-23-29-39(4,5)31-35(42)32-47(44,45)46/h7-8,33,35,40,42H,6,9-32H2,1-5H3/p+2/b8-7+. The summed E-state index contributed by atoms with van der Waals surface area (Å²) in [6, 6.07) is 0. The normalized spacial score (nSPS) is 14.0. The van der Waals surface area contributed by atoms with E-state index >= 15 is 0 Å². The Morgan fingerprint density at radius 3 is 1.64 bits per heavy atom. The van der Waals surface area contributed by atoms with Crippen molar-refractivity contribution in [1.82, 2.24) is 5.32 Å². The van der Waals surface area contributed by atoms with E-state index in [1.165, 1.54) is 32.1 Å². The van der Waals surface area contributed by atoms with E-state index in [0.717, 1.165) is 94.6 Å². The van der Waals surface area contributed by atoms with Gasteiger partial charge in [0.25, 0.3) is 10.1 Å². The van der Waals surface area contributed by atoms with Crippen LogP contribution in [0.25, 0.3) is 0 Å². The summed E-state index contributed by atoms with van der Waals surface area (Å²) >= 11 is 0. The van der Waals surface area contributed by atoms with Crippen molar-refractivity contribution < 1.29 is 41.7 Å². The first-order valence-electron chi connectivity index (χ1n) is 18.4. The van der Waals surface area contributed by atoms with Crippen LogP contribution in [0, 0.1) is 0 Å². The van der Waals surface area contributed by atoms with Crippen molar-refractivity contribution in [3.63, 3.8) is 0 Å². The molecule has 2 unspecified atom stereocenters. The highest BCUT2D eigenvalue weighted by molar-refractivity contribution is 7.85. The quantitative estimate of drug-likeness (QED) is 0.0320. The first kappa shape index (κ1) is 45.6. The van der Waals surface area contributed by atoms with E-state index in [2.05, 4.69) is 31.6 Å². The number of hydrogen-bond donors (Lipinski definition) is 4. The van der Waals surface area contributed by atoms with Crippen LogP contribution in [0.3, 0.4) is 0 Å². The van der Waals surface area contributed by atoms with Crippen LogP contribution < -0.4 is 5.32 Å². The Bertz CT molecular complexity index is 954. The van der Waals surface area contributed by atoms with Crippen molar-refractivity contribution in [2.45, 2.75) is 141 Å². The molecule has 11 heteroatoms. The average molecular weight is 692 g/mol. The van der Waals surface area contributed by atoms with Gasteiger partial charge in [-0.05, 0) is 57.8 Å². The third kappa shape index (κ3) is 31.6. The first-order valence-corrected chi connectivity index (χ1v) is 20.0. The number of allylic oxidation sites excluding steroid dienone is 2. The summed E-state index contributed by atoms with van der Waals surface area (Å²) in [6.45, 7) is 5.23. The minimum absolute atomic E-state index is 0.0593. The molecule has 4 N–H and O–H groups in total. The average Bonchev–Trinajstić information content (AvgIpc) is 2.95. The number of Topliss-reactive ketones (excluding diaryl/α,β-unsaturated/α-hetero) is 1. The van der Waals surface area contributed by atoms with E-state index in [1.807, 2.05) is 21.0 Å². The highest BCUT2D eigenvalue weighted by atomic mass is 32.2. The Hall–Kier alpha value is -1.37. The summed E-state index contributed by atoms with van der Waals surface area (Å²) in [7, 11) is 3.88. The van der Waals surface area contributed by atoms with Crippen LogP contribution in [0.15, 0.2) is 12.2 Å². The molecule has 0 fully saturated rings. The molecule has 0 saturated heterocycles. The second-order valence-corrected chi connectivity index (χ2v) is 16.4. The third-order valence-electron chi connectivity index (χ3n) is 8.78. The first-order chi connectivity index (χ1) is 22.1. The molecule has 0 spiro atoms. The maximum Gasteiger partial charge on any atom is 0.267 e. The Balaban J connectivity index is 3.57. The Kier molecular flexibility index (Phi) is 25.7. The van der Waals surface area contributed by atoms with Gasteiger partial charge in [0, 0.05) is 32.2 Å². The Morgan fingerprint density at radius 1 is 0.660 bits per heavy atom. The van der Waals surface area contributed by atoms with E-state index in [4.69, 9.17) is 4.55 Å². The van der Waals surface area contributed by atoms with Gasteiger partial charge in [-0.2, -0.15) is 8.42 Å². The zero-order valence-corrected chi connectivity index (χ0v) is 31.6. The number of nitrogens with one attached hydrogen (secondary N) is 1. The van der Waals surface area contributed by atoms with Crippen LogP contribution in [0.4, 0.5) is 0 Å². The van der Waals surface area contributed by atoms with E-state index in [1.54, 1.807) is 0 Å². The Labute approximate surface area is 288 Å². The topological polar surface area (TPSA) is 141 Å². The predicted octanol–water partition coefficient (Wildman–Crippen LogP) is 5.42. The number of nitrogens with zero attached hydrogens (tertiary/aromatic N) is 2. The number of carbonyl (C=O) groups is 2. The van der Waals surface area contributed by atoms with E-state index in [0.29, 0.717) is 36.2 Å². The van der Waals surface area contributed by atoms with Crippen LogP contribution in [-0.4, -0.2) is 123 Å². The van der Waals surface area contributed by atoms with Crippen LogP contribution in [0.1, 0.15) is 129 Å². The van der Waals surface area contributed by atoms with Crippen molar-refractivity contribution in [2.24, 2.45) is 0 Å². The fourth-order valence-electron chi connectivity index (χ4n) is 5.99. The molecule has 0 bridgehead atoms. The molecule has 0 aliphatic rings. The molecule has 1 amide bonds. The van der Waals surface area contributed by atoms with Crippen LogP contribution in [0.5, 0.6) is 0 Å². The fourth-order valence-corrected chi connectivity index (χ4v) is 6.58. The van der Waals surface area contributed by atoms with Crippen LogP contribution in [-0.2, 0) is 19.7 Å². The molecule has 0 aliphatic carbocycles. The number of ketones is 1. The molecule has 0 aromatic carbocycles. The minimum Gasteiger partial charge on any atom is -0.387 e. The van der Waals surface area contributed by atoms with Gasteiger partial charge in [-0.1, -0.05) is 57.6 Å². The van der Waals surface area contributed by atoms with Gasteiger partial charge < -0.3 is 24.5 Å². The molecule has 0 aromatic heterocycles.